The normalized spacial score (nSPS) is 10.7. The Morgan fingerprint density at radius 3 is 2.33 bits per heavy atom. The van der Waals surface area contributed by atoms with E-state index in [0.717, 1.165) is 42.7 Å². The van der Waals surface area contributed by atoms with Crippen LogP contribution in [0.4, 0.5) is 0 Å². The van der Waals surface area contributed by atoms with Gasteiger partial charge < -0.3 is 20.1 Å². The highest BCUT2D eigenvalue weighted by Crippen LogP contribution is 2.27. The van der Waals surface area contributed by atoms with Crippen LogP contribution in [0.3, 0.4) is 0 Å². The average molecular weight is 501 g/mol. The number of nitrogens with one attached hydrogen (secondary N) is 2. The summed E-state index contributed by atoms with van der Waals surface area (Å²) >= 11 is 1.83. The SMILES string of the molecule is CN=C(NCCSc1ccccc1)NCCc1ccc(OC)c(OC)c1.I. The quantitative estimate of drug-likeness (QED) is 0.180. The summed E-state index contributed by atoms with van der Waals surface area (Å²) in [5, 5.41) is 6.68. The van der Waals surface area contributed by atoms with Gasteiger partial charge in [-0.15, -0.1) is 35.7 Å². The standard InChI is InChI=1S/C20H27N3O2S.HI/c1-21-20(23-13-14-26-17-7-5-4-6-8-17)22-12-11-16-9-10-18(24-2)19(15-16)25-3;/h4-10,15H,11-14H2,1-3H3,(H2,21,22,23);1H. The number of benzene rings is 2. The summed E-state index contributed by atoms with van der Waals surface area (Å²) in [5.41, 5.74) is 1.19. The van der Waals surface area contributed by atoms with Crippen LogP contribution in [0.1, 0.15) is 5.56 Å². The Balaban J connectivity index is 0.00000364. The molecule has 5 nitrogen and oxygen atoms in total. The van der Waals surface area contributed by atoms with Crippen LogP contribution in [0, 0.1) is 0 Å². The topological polar surface area (TPSA) is 54.9 Å². The molecule has 0 radical (unpaired) electrons. The van der Waals surface area contributed by atoms with Gasteiger partial charge in [0.1, 0.15) is 0 Å². The Bertz CT molecular complexity index is 699. The highest BCUT2D eigenvalue weighted by Gasteiger charge is 2.05. The number of thioether (sulfide) groups is 1. The van der Waals surface area contributed by atoms with Crippen molar-refractivity contribution in [2.45, 2.75) is 11.3 Å². The summed E-state index contributed by atoms with van der Waals surface area (Å²) in [7, 11) is 5.08. The number of nitrogens with zero attached hydrogens (tertiary/aromatic N) is 1. The number of hydrogen-bond donors (Lipinski definition) is 2. The van der Waals surface area contributed by atoms with E-state index in [4.69, 9.17) is 9.47 Å². The van der Waals surface area contributed by atoms with Crippen molar-refractivity contribution in [3.05, 3.63) is 54.1 Å². The second-order valence-corrected chi connectivity index (χ2v) is 6.69. The Morgan fingerprint density at radius 2 is 1.67 bits per heavy atom. The Kier molecular flexibility index (Phi) is 11.8. The predicted molar refractivity (Wildman–Crippen MR) is 125 cm³/mol. The minimum atomic E-state index is 0. The van der Waals surface area contributed by atoms with Gasteiger partial charge in [0.2, 0.25) is 0 Å². The molecule has 0 saturated heterocycles. The summed E-state index contributed by atoms with van der Waals surface area (Å²) in [6.45, 7) is 1.65. The molecule has 0 aliphatic carbocycles. The van der Waals surface area contributed by atoms with E-state index in [2.05, 4.69) is 46.0 Å². The fourth-order valence-corrected chi connectivity index (χ4v) is 3.23. The number of guanidine groups is 1. The molecule has 0 unspecified atom stereocenters. The van der Waals surface area contributed by atoms with Crippen LogP contribution in [0.2, 0.25) is 0 Å². The van der Waals surface area contributed by atoms with Crippen molar-refractivity contribution in [1.29, 1.82) is 0 Å². The van der Waals surface area contributed by atoms with Crippen molar-refractivity contribution in [2.24, 2.45) is 4.99 Å². The highest BCUT2D eigenvalue weighted by molar-refractivity contribution is 14.0. The fraction of sp³-hybridized carbons (Fsp3) is 0.350. The minimum Gasteiger partial charge on any atom is -0.493 e. The summed E-state index contributed by atoms with van der Waals surface area (Å²) < 4.78 is 10.6. The van der Waals surface area contributed by atoms with Gasteiger partial charge in [-0.2, -0.15) is 0 Å². The third-order valence-corrected chi connectivity index (χ3v) is 4.80. The molecule has 2 aromatic carbocycles. The number of aliphatic imine (C=N–C) groups is 1. The van der Waals surface area contributed by atoms with E-state index in [1.165, 1.54) is 10.5 Å². The van der Waals surface area contributed by atoms with E-state index in [1.54, 1.807) is 21.3 Å². The Labute approximate surface area is 183 Å². The van der Waals surface area contributed by atoms with E-state index in [-0.39, 0.29) is 24.0 Å². The number of ether oxygens (including phenoxy) is 2. The summed E-state index contributed by atoms with van der Waals surface area (Å²) in [5.74, 6) is 3.31. The molecule has 2 N–H and O–H groups in total. The molecule has 0 fully saturated rings. The minimum absolute atomic E-state index is 0. The van der Waals surface area contributed by atoms with Crippen LogP contribution < -0.4 is 20.1 Å². The highest BCUT2D eigenvalue weighted by atomic mass is 127. The smallest absolute Gasteiger partial charge is 0.191 e. The van der Waals surface area contributed by atoms with Gasteiger partial charge in [-0.1, -0.05) is 24.3 Å². The van der Waals surface area contributed by atoms with Gasteiger partial charge in [0, 0.05) is 30.8 Å². The maximum absolute atomic E-state index is 5.34. The van der Waals surface area contributed by atoms with Gasteiger partial charge in [-0.05, 0) is 36.2 Å². The van der Waals surface area contributed by atoms with Crippen LogP contribution in [0.15, 0.2) is 58.4 Å². The number of rotatable bonds is 9. The van der Waals surface area contributed by atoms with E-state index < -0.39 is 0 Å². The van der Waals surface area contributed by atoms with Crippen molar-refractivity contribution in [3.63, 3.8) is 0 Å². The van der Waals surface area contributed by atoms with Crippen LogP contribution in [-0.2, 0) is 6.42 Å². The van der Waals surface area contributed by atoms with Gasteiger partial charge in [0.05, 0.1) is 14.2 Å². The van der Waals surface area contributed by atoms with Gasteiger partial charge in [0.25, 0.3) is 0 Å². The third kappa shape index (κ3) is 8.30. The van der Waals surface area contributed by atoms with Crippen LogP contribution in [0.25, 0.3) is 0 Å². The molecule has 27 heavy (non-hydrogen) atoms. The summed E-state index contributed by atoms with van der Waals surface area (Å²) in [4.78, 5) is 5.55. The molecule has 0 spiro atoms. The van der Waals surface area contributed by atoms with E-state index in [9.17, 15) is 0 Å². The largest absolute Gasteiger partial charge is 0.493 e. The van der Waals surface area contributed by atoms with E-state index in [0.29, 0.717) is 0 Å². The van der Waals surface area contributed by atoms with Crippen LogP contribution >= 0.6 is 35.7 Å². The third-order valence-electron chi connectivity index (χ3n) is 3.78. The van der Waals surface area contributed by atoms with Crippen molar-refractivity contribution < 1.29 is 9.47 Å². The second-order valence-electron chi connectivity index (χ2n) is 5.53. The lowest BCUT2D eigenvalue weighted by molar-refractivity contribution is 0.354. The lowest BCUT2D eigenvalue weighted by Gasteiger charge is -2.13. The van der Waals surface area contributed by atoms with Crippen LogP contribution in [-0.4, -0.2) is 46.1 Å². The molecule has 2 aromatic rings. The molecule has 0 bridgehead atoms. The Hall–Kier alpha value is -1.61. The summed E-state index contributed by atoms with van der Waals surface area (Å²) in [6.07, 6.45) is 0.875. The zero-order chi connectivity index (χ0) is 18.6. The van der Waals surface area contributed by atoms with Crippen molar-refractivity contribution >= 4 is 41.7 Å². The molecule has 0 saturated carbocycles. The molecule has 0 amide bonds. The molecule has 148 valence electrons. The zero-order valence-corrected chi connectivity index (χ0v) is 19.2. The van der Waals surface area contributed by atoms with E-state index >= 15 is 0 Å². The lowest BCUT2D eigenvalue weighted by atomic mass is 10.1. The summed E-state index contributed by atoms with van der Waals surface area (Å²) in [6, 6.07) is 16.4. The van der Waals surface area contributed by atoms with Gasteiger partial charge in [-0.3, -0.25) is 4.99 Å². The molecular weight excluding hydrogens is 473 g/mol. The lowest BCUT2D eigenvalue weighted by Crippen LogP contribution is -2.39. The fourth-order valence-electron chi connectivity index (χ4n) is 2.44. The first-order valence-corrected chi connectivity index (χ1v) is 9.58. The number of halogens is 1. The number of methoxy groups -OCH3 is 2. The average Bonchev–Trinajstić information content (AvgIpc) is 2.70. The maximum atomic E-state index is 5.34. The molecule has 2 rings (SSSR count). The molecule has 7 heteroatoms. The first kappa shape index (κ1) is 23.4. The van der Waals surface area contributed by atoms with Gasteiger partial charge in [-0.25, -0.2) is 0 Å². The zero-order valence-electron chi connectivity index (χ0n) is 16.0. The Morgan fingerprint density at radius 1 is 0.963 bits per heavy atom. The van der Waals surface area contributed by atoms with Gasteiger partial charge in [0.15, 0.2) is 17.5 Å². The van der Waals surface area contributed by atoms with Crippen LogP contribution in [0.5, 0.6) is 11.5 Å². The first-order chi connectivity index (χ1) is 12.8. The monoisotopic (exact) mass is 501 g/mol. The second kappa shape index (κ2) is 13.5. The van der Waals surface area contributed by atoms with Crippen molar-refractivity contribution in [1.82, 2.24) is 10.6 Å². The molecule has 0 aliphatic heterocycles. The molecule has 0 atom stereocenters. The van der Waals surface area contributed by atoms with Crippen molar-refractivity contribution in [3.8, 4) is 11.5 Å². The molecule has 0 aromatic heterocycles. The molecule has 0 heterocycles. The predicted octanol–water partition coefficient (Wildman–Crippen LogP) is 3.82. The van der Waals surface area contributed by atoms with Crippen molar-refractivity contribution in [2.75, 3.05) is 40.1 Å². The molecular formula is C20H28IN3O2S. The maximum Gasteiger partial charge on any atom is 0.191 e. The van der Waals surface area contributed by atoms with Gasteiger partial charge >= 0.3 is 0 Å². The number of hydrogen-bond acceptors (Lipinski definition) is 4. The van der Waals surface area contributed by atoms with E-state index in [1.807, 2.05) is 30.0 Å². The molecule has 0 aliphatic rings. The first-order valence-electron chi connectivity index (χ1n) is 8.60.